The van der Waals surface area contributed by atoms with Gasteiger partial charge in [0.15, 0.2) is 0 Å². The number of hydrogen-bond donors (Lipinski definition) is 1. The number of benzene rings is 3. The SMILES string of the molecule is O=C(NC1CCCC1)C(Cc1ccccc1)N(Cc1ccccc1Cl)C(=O)CCCN1C(=O)c2ccccc2C1=O. The maximum Gasteiger partial charge on any atom is 0.261 e. The summed E-state index contributed by atoms with van der Waals surface area (Å²) in [6, 6.07) is 23.1. The Morgan fingerprint density at radius 2 is 1.49 bits per heavy atom. The zero-order valence-corrected chi connectivity index (χ0v) is 23.7. The number of carbonyl (C=O) groups excluding carboxylic acids is 4. The van der Waals surface area contributed by atoms with Gasteiger partial charge in [-0.3, -0.25) is 24.1 Å². The second kappa shape index (κ2) is 13.1. The fraction of sp³-hybridized carbons (Fsp3) is 0.333. The third-order valence-corrected chi connectivity index (χ3v) is 8.29. The van der Waals surface area contributed by atoms with E-state index in [0.717, 1.165) is 36.8 Å². The molecule has 0 bridgehead atoms. The largest absolute Gasteiger partial charge is 0.352 e. The van der Waals surface area contributed by atoms with Gasteiger partial charge in [-0.15, -0.1) is 0 Å². The van der Waals surface area contributed by atoms with Crippen molar-refractivity contribution in [2.45, 2.75) is 63.6 Å². The number of nitrogens with one attached hydrogen (secondary N) is 1. The van der Waals surface area contributed by atoms with E-state index >= 15 is 0 Å². The summed E-state index contributed by atoms with van der Waals surface area (Å²) in [4.78, 5) is 56.1. The molecule has 3 aromatic rings. The van der Waals surface area contributed by atoms with Gasteiger partial charge in [0.2, 0.25) is 11.8 Å². The third kappa shape index (κ3) is 6.68. The highest BCUT2D eigenvalue weighted by Gasteiger charge is 2.36. The predicted octanol–water partition coefficient (Wildman–Crippen LogP) is 5.42. The molecule has 0 saturated heterocycles. The number of carbonyl (C=O) groups is 4. The molecule has 0 radical (unpaired) electrons. The molecule has 1 atom stereocenters. The summed E-state index contributed by atoms with van der Waals surface area (Å²) in [5.41, 5.74) is 2.46. The Morgan fingerprint density at radius 1 is 0.878 bits per heavy atom. The Kier molecular flexibility index (Phi) is 9.14. The molecule has 8 heteroatoms. The van der Waals surface area contributed by atoms with Crippen molar-refractivity contribution in [3.8, 4) is 0 Å². The summed E-state index contributed by atoms with van der Waals surface area (Å²) in [6.45, 7) is 0.288. The van der Waals surface area contributed by atoms with Crippen molar-refractivity contribution < 1.29 is 19.2 Å². The van der Waals surface area contributed by atoms with Crippen LogP contribution in [0, 0.1) is 0 Å². The lowest BCUT2D eigenvalue weighted by Crippen LogP contribution is -2.52. The van der Waals surface area contributed by atoms with Gasteiger partial charge in [0.05, 0.1) is 11.1 Å². The summed E-state index contributed by atoms with van der Waals surface area (Å²) in [5.74, 6) is -1.10. The zero-order chi connectivity index (χ0) is 28.8. The average Bonchev–Trinajstić information content (AvgIpc) is 3.58. The van der Waals surface area contributed by atoms with E-state index in [1.54, 1.807) is 35.2 Å². The van der Waals surface area contributed by atoms with Gasteiger partial charge in [-0.1, -0.05) is 85.1 Å². The second-order valence-electron chi connectivity index (χ2n) is 10.7. The van der Waals surface area contributed by atoms with Crippen LogP contribution in [0.25, 0.3) is 0 Å². The maximum atomic E-state index is 13.9. The van der Waals surface area contributed by atoms with E-state index in [1.165, 1.54) is 4.90 Å². The Bertz CT molecular complexity index is 1390. The molecule has 7 nitrogen and oxygen atoms in total. The van der Waals surface area contributed by atoms with E-state index in [0.29, 0.717) is 22.6 Å². The second-order valence-corrected chi connectivity index (χ2v) is 11.1. The molecule has 4 amide bonds. The summed E-state index contributed by atoms with van der Waals surface area (Å²) >= 11 is 6.50. The number of halogens is 1. The third-order valence-electron chi connectivity index (χ3n) is 7.92. The number of imide groups is 1. The molecule has 1 aliphatic carbocycles. The van der Waals surface area contributed by atoms with Crippen LogP contribution in [0.4, 0.5) is 0 Å². The first-order valence-corrected chi connectivity index (χ1v) is 14.6. The van der Waals surface area contributed by atoms with Gasteiger partial charge in [0.25, 0.3) is 11.8 Å². The predicted molar refractivity (Wildman–Crippen MR) is 157 cm³/mol. The molecule has 5 rings (SSSR count). The quantitative estimate of drug-likeness (QED) is 0.312. The average molecular weight is 572 g/mol. The van der Waals surface area contributed by atoms with Crippen LogP contribution < -0.4 is 5.32 Å². The first kappa shape index (κ1) is 28.6. The van der Waals surface area contributed by atoms with Crippen molar-refractivity contribution in [1.29, 1.82) is 0 Å². The molecule has 0 aromatic heterocycles. The van der Waals surface area contributed by atoms with E-state index < -0.39 is 6.04 Å². The number of rotatable bonds is 11. The first-order valence-electron chi connectivity index (χ1n) is 14.2. The van der Waals surface area contributed by atoms with Crippen molar-refractivity contribution >= 4 is 35.2 Å². The van der Waals surface area contributed by atoms with Crippen LogP contribution >= 0.6 is 11.6 Å². The van der Waals surface area contributed by atoms with E-state index in [9.17, 15) is 19.2 Å². The van der Waals surface area contributed by atoms with Gasteiger partial charge in [0, 0.05) is 37.0 Å². The Morgan fingerprint density at radius 3 is 2.15 bits per heavy atom. The summed E-state index contributed by atoms with van der Waals surface area (Å²) in [7, 11) is 0. The highest BCUT2D eigenvalue weighted by atomic mass is 35.5. The smallest absolute Gasteiger partial charge is 0.261 e. The van der Waals surface area contributed by atoms with Crippen molar-refractivity contribution in [1.82, 2.24) is 15.1 Å². The molecule has 3 aromatic carbocycles. The highest BCUT2D eigenvalue weighted by molar-refractivity contribution is 6.31. The number of amides is 4. The van der Waals surface area contributed by atoms with Crippen LogP contribution in [0.2, 0.25) is 5.02 Å². The molecule has 0 spiro atoms. The number of hydrogen-bond acceptors (Lipinski definition) is 4. The molecule has 41 heavy (non-hydrogen) atoms. The van der Waals surface area contributed by atoms with Crippen LogP contribution in [0.3, 0.4) is 0 Å². The van der Waals surface area contributed by atoms with Gasteiger partial charge >= 0.3 is 0 Å². The van der Waals surface area contributed by atoms with Crippen molar-refractivity contribution in [3.05, 3.63) is 106 Å². The van der Waals surface area contributed by atoms with Crippen LogP contribution in [-0.2, 0) is 22.6 Å². The standard InChI is InChI=1S/C33H34ClN3O4/c34-28-18-9-4-13-24(28)22-37(29(21-23-11-2-1-3-12-23)31(39)35-25-14-5-6-15-25)30(38)19-10-20-36-32(40)26-16-7-8-17-27(26)33(36)41/h1-4,7-9,11-13,16-18,25,29H,5-6,10,14-15,19-22H2,(H,35,39). The Labute approximate surface area is 245 Å². The van der Waals surface area contributed by atoms with Gasteiger partial charge in [-0.25, -0.2) is 0 Å². The van der Waals surface area contributed by atoms with Gasteiger partial charge in [-0.05, 0) is 48.6 Å². The van der Waals surface area contributed by atoms with E-state index in [1.807, 2.05) is 48.5 Å². The molecule has 1 fully saturated rings. The highest BCUT2D eigenvalue weighted by Crippen LogP contribution is 2.25. The van der Waals surface area contributed by atoms with Crippen LogP contribution in [0.5, 0.6) is 0 Å². The molecule has 1 aliphatic heterocycles. The maximum absolute atomic E-state index is 13.9. The van der Waals surface area contributed by atoms with Crippen LogP contribution in [0.15, 0.2) is 78.9 Å². The minimum atomic E-state index is -0.749. The fourth-order valence-electron chi connectivity index (χ4n) is 5.71. The van der Waals surface area contributed by atoms with Crippen molar-refractivity contribution in [3.63, 3.8) is 0 Å². The zero-order valence-electron chi connectivity index (χ0n) is 22.9. The van der Waals surface area contributed by atoms with Gasteiger partial charge in [0.1, 0.15) is 6.04 Å². The van der Waals surface area contributed by atoms with Gasteiger partial charge < -0.3 is 10.2 Å². The molecular weight excluding hydrogens is 538 g/mol. The summed E-state index contributed by atoms with van der Waals surface area (Å²) in [5, 5.41) is 3.71. The van der Waals surface area contributed by atoms with E-state index in [4.69, 9.17) is 11.6 Å². The minimum Gasteiger partial charge on any atom is -0.352 e. The Balaban J connectivity index is 1.36. The lowest BCUT2D eigenvalue weighted by Gasteiger charge is -2.33. The monoisotopic (exact) mass is 571 g/mol. The van der Waals surface area contributed by atoms with Gasteiger partial charge in [-0.2, -0.15) is 0 Å². The lowest BCUT2D eigenvalue weighted by atomic mass is 10.0. The lowest BCUT2D eigenvalue weighted by molar-refractivity contribution is -0.141. The molecule has 1 heterocycles. The molecule has 1 N–H and O–H groups in total. The van der Waals surface area contributed by atoms with Crippen LogP contribution in [0.1, 0.15) is 70.4 Å². The number of nitrogens with zero attached hydrogens (tertiary/aromatic N) is 2. The van der Waals surface area contributed by atoms with Crippen molar-refractivity contribution in [2.75, 3.05) is 6.54 Å². The topological polar surface area (TPSA) is 86.8 Å². The Hall–Kier alpha value is -3.97. The molecule has 212 valence electrons. The summed E-state index contributed by atoms with van der Waals surface area (Å²) < 4.78 is 0. The molecule has 2 aliphatic rings. The number of fused-ring (bicyclic) bond motifs is 1. The summed E-state index contributed by atoms with van der Waals surface area (Å²) in [6.07, 6.45) is 4.73. The van der Waals surface area contributed by atoms with E-state index in [-0.39, 0.29) is 55.6 Å². The molecule has 1 unspecified atom stereocenters. The molecule has 1 saturated carbocycles. The fourth-order valence-corrected chi connectivity index (χ4v) is 5.90. The molecular formula is C33H34ClN3O4. The minimum absolute atomic E-state index is 0.0693. The van der Waals surface area contributed by atoms with Crippen LogP contribution in [-0.4, -0.2) is 52.1 Å². The van der Waals surface area contributed by atoms with Crippen molar-refractivity contribution in [2.24, 2.45) is 0 Å². The normalized spacial score (nSPS) is 15.6. The first-order chi connectivity index (χ1) is 19.9. The van der Waals surface area contributed by atoms with E-state index in [2.05, 4.69) is 5.32 Å².